The highest BCUT2D eigenvalue weighted by Gasteiger charge is 2.24. The zero-order valence-corrected chi connectivity index (χ0v) is 16.9. The highest BCUT2D eigenvalue weighted by atomic mass is 16.6. The number of hydrogen-bond acceptors (Lipinski definition) is 10. The van der Waals surface area contributed by atoms with Gasteiger partial charge in [0.2, 0.25) is 11.6 Å². The van der Waals surface area contributed by atoms with E-state index in [0.717, 1.165) is 12.0 Å². The molecule has 0 aliphatic rings. The van der Waals surface area contributed by atoms with Gasteiger partial charge in [-0.1, -0.05) is 18.2 Å². The first-order chi connectivity index (χ1) is 16.1. The second kappa shape index (κ2) is 9.78. The zero-order valence-electron chi connectivity index (χ0n) is 16.9. The molecule has 0 saturated carbocycles. The van der Waals surface area contributed by atoms with Crippen molar-refractivity contribution in [2.45, 2.75) is 0 Å². The summed E-state index contributed by atoms with van der Waals surface area (Å²) in [7, 11) is 0. The number of nitro groups is 1. The number of azo groups is 1. The molecule has 0 spiro atoms. The molecule has 164 valence electrons. The average Bonchev–Trinajstić information content (AvgIpc) is 3.38. The third-order valence-electron chi connectivity index (χ3n) is 4.21. The van der Waals surface area contributed by atoms with Gasteiger partial charge in [0.1, 0.15) is 6.33 Å². The summed E-state index contributed by atoms with van der Waals surface area (Å²) < 4.78 is 4.97. The Morgan fingerprint density at radius 3 is 2.27 bits per heavy atom. The van der Waals surface area contributed by atoms with Gasteiger partial charge >= 0.3 is 11.6 Å². The van der Waals surface area contributed by atoms with E-state index in [1.165, 1.54) is 12.3 Å². The van der Waals surface area contributed by atoms with E-state index in [1.807, 2.05) is 30.3 Å². The summed E-state index contributed by atoms with van der Waals surface area (Å²) in [5.41, 5.74) is 6.12. The van der Waals surface area contributed by atoms with Crippen LogP contribution in [-0.4, -0.2) is 20.8 Å². The molecule has 12 nitrogen and oxygen atoms in total. The van der Waals surface area contributed by atoms with E-state index in [9.17, 15) is 14.9 Å². The van der Waals surface area contributed by atoms with Crippen molar-refractivity contribution in [3.63, 3.8) is 0 Å². The van der Waals surface area contributed by atoms with Crippen LogP contribution in [0.1, 0.15) is 10.6 Å². The summed E-state index contributed by atoms with van der Waals surface area (Å²) in [6.45, 7) is 0. The molecular formula is C21H16N8O4. The maximum atomic E-state index is 12.0. The molecule has 2 aromatic carbocycles. The minimum Gasteiger partial charge on any atom is -0.459 e. The number of carbonyl (C=O) groups is 1. The molecule has 33 heavy (non-hydrogen) atoms. The van der Waals surface area contributed by atoms with E-state index in [1.54, 1.807) is 30.3 Å². The lowest BCUT2D eigenvalue weighted by Crippen LogP contribution is -2.30. The largest absolute Gasteiger partial charge is 0.459 e. The van der Waals surface area contributed by atoms with E-state index >= 15 is 0 Å². The summed E-state index contributed by atoms with van der Waals surface area (Å²) in [6.07, 6.45) is 2.46. The van der Waals surface area contributed by atoms with Gasteiger partial charge in [-0.15, -0.1) is 0 Å². The molecule has 4 aromatic rings. The molecule has 0 radical (unpaired) electrons. The molecule has 0 atom stereocenters. The van der Waals surface area contributed by atoms with Crippen LogP contribution < -0.4 is 16.2 Å². The molecule has 0 aliphatic heterocycles. The van der Waals surface area contributed by atoms with Crippen LogP contribution in [0, 0.1) is 10.1 Å². The molecule has 2 aromatic heterocycles. The van der Waals surface area contributed by atoms with E-state index in [-0.39, 0.29) is 17.4 Å². The van der Waals surface area contributed by atoms with Gasteiger partial charge in [-0.2, -0.15) is 10.2 Å². The Labute approximate surface area is 186 Å². The van der Waals surface area contributed by atoms with Gasteiger partial charge < -0.3 is 9.73 Å². The van der Waals surface area contributed by atoms with Crippen LogP contribution in [0.4, 0.5) is 34.4 Å². The Morgan fingerprint density at radius 1 is 0.909 bits per heavy atom. The average molecular weight is 444 g/mol. The molecule has 0 bridgehead atoms. The highest BCUT2D eigenvalue weighted by molar-refractivity contribution is 5.92. The molecule has 3 N–H and O–H groups in total. The van der Waals surface area contributed by atoms with Crippen molar-refractivity contribution >= 4 is 40.3 Å². The second-order valence-electron chi connectivity index (χ2n) is 6.44. The van der Waals surface area contributed by atoms with Crippen LogP contribution in [-0.2, 0) is 0 Å². The second-order valence-corrected chi connectivity index (χ2v) is 6.44. The maximum absolute atomic E-state index is 12.0. The Balaban J connectivity index is 1.48. The van der Waals surface area contributed by atoms with Crippen molar-refractivity contribution < 1.29 is 14.1 Å². The standard InChI is InChI=1S/C21H16N8O4/c30-21(17-7-4-12-33-17)28-27-20-18(29(31)32)19(22-13-23-20)24-14-8-10-16(11-9-14)26-25-15-5-2-1-3-6-15/h1-13H,(H,28,30)(H2,22,23,24,27). The van der Waals surface area contributed by atoms with Crippen LogP contribution >= 0.6 is 0 Å². The van der Waals surface area contributed by atoms with Gasteiger partial charge in [0.05, 0.1) is 22.6 Å². The van der Waals surface area contributed by atoms with E-state index in [0.29, 0.717) is 11.4 Å². The van der Waals surface area contributed by atoms with E-state index in [2.05, 4.69) is 36.4 Å². The van der Waals surface area contributed by atoms with Crippen LogP contribution in [0.5, 0.6) is 0 Å². The Morgan fingerprint density at radius 2 is 1.61 bits per heavy atom. The van der Waals surface area contributed by atoms with Crippen molar-refractivity contribution in [3.8, 4) is 0 Å². The van der Waals surface area contributed by atoms with Gasteiger partial charge in [-0.3, -0.25) is 25.8 Å². The quantitative estimate of drug-likeness (QED) is 0.197. The highest BCUT2D eigenvalue weighted by Crippen LogP contribution is 2.31. The summed E-state index contributed by atoms with van der Waals surface area (Å²) in [6, 6.07) is 19.0. The number of benzene rings is 2. The fourth-order valence-electron chi connectivity index (χ4n) is 2.68. The molecule has 0 aliphatic carbocycles. The number of hydrazine groups is 1. The summed E-state index contributed by atoms with van der Waals surface area (Å²) in [4.78, 5) is 30.8. The predicted octanol–water partition coefficient (Wildman–Crippen LogP) is 4.89. The van der Waals surface area contributed by atoms with Gasteiger partial charge in [-0.05, 0) is 48.5 Å². The maximum Gasteiger partial charge on any atom is 0.355 e. The zero-order chi connectivity index (χ0) is 23.0. The normalized spacial score (nSPS) is 10.7. The fourth-order valence-corrected chi connectivity index (χ4v) is 2.68. The van der Waals surface area contributed by atoms with E-state index < -0.39 is 16.5 Å². The number of nitrogens with one attached hydrogen (secondary N) is 3. The van der Waals surface area contributed by atoms with Crippen LogP contribution in [0.2, 0.25) is 0 Å². The number of rotatable bonds is 8. The topological polar surface area (TPSA) is 160 Å². The van der Waals surface area contributed by atoms with Crippen LogP contribution in [0.3, 0.4) is 0 Å². The lowest BCUT2D eigenvalue weighted by Gasteiger charge is -2.10. The van der Waals surface area contributed by atoms with Crippen molar-refractivity contribution in [2.24, 2.45) is 10.2 Å². The predicted molar refractivity (Wildman–Crippen MR) is 119 cm³/mol. The molecule has 0 unspecified atom stereocenters. The lowest BCUT2D eigenvalue weighted by molar-refractivity contribution is -0.383. The molecule has 12 heteroatoms. The van der Waals surface area contributed by atoms with Gasteiger partial charge in [-0.25, -0.2) is 9.97 Å². The first-order valence-corrected chi connectivity index (χ1v) is 9.53. The fraction of sp³-hybridized carbons (Fsp3) is 0. The first-order valence-electron chi connectivity index (χ1n) is 9.53. The minimum absolute atomic E-state index is 0.0297. The third kappa shape index (κ3) is 5.32. The third-order valence-corrected chi connectivity index (χ3v) is 4.21. The van der Waals surface area contributed by atoms with E-state index in [4.69, 9.17) is 4.42 Å². The van der Waals surface area contributed by atoms with Crippen molar-refractivity contribution in [3.05, 3.63) is 95.2 Å². The number of furan rings is 1. The first kappa shape index (κ1) is 21.1. The minimum atomic E-state index is -0.661. The van der Waals surface area contributed by atoms with Gasteiger partial charge in [0, 0.05) is 5.69 Å². The Bertz CT molecular complexity index is 1280. The smallest absolute Gasteiger partial charge is 0.355 e. The number of aromatic nitrogens is 2. The molecule has 2 heterocycles. The molecular weight excluding hydrogens is 428 g/mol. The number of anilines is 3. The molecule has 0 fully saturated rings. The summed E-state index contributed by atoms with van der Waals surface area (Å²) in [5, 5.41) is 22.8. The summed E-state index contributed by atoms with van der Waals surface area (Å²) >= 11 is 0. The number of carbonyl (C=O) groups excluding carboxylic acids is 1. The number of hydrogen-bond donors (Lipinski definition) is 3. The molecule has 4 rings (SSSR count). The summed E-state index contributed by atoms with van der Waals surface area (Å²) in [5.74, 6) is -0.862. The SMILES string of the molecule is O=C(NNc1ncnc(Nc2ccc(N=Nc3ccccc3)cc2)c1[N+](=O)[O-])c1ccco1. The monoisotopic (exact) mass is 444 g/mol. The van der Waals surface area contributed by atoms with Crippen molar-refractivity contribution in [2.75, 3.05) is 10.7 Å². The van der Waals surface area contributed by atoms with Crippen LogP contribution in [0.25, 0.3) is 0 Å². The van der Waals surface area contributed by atoms with Gasteiger partial charge in [0.15, 0.2) is 5.76 Å². The van der Waals surface area contributed by atoms with Crippen LogP contribution in [0.15, 0.2) is 94.0 Å². The number of amides is 1. The lowest BCUT2D eigenvalue weighted by atomic mass is 10.3. The van der Waals surface area contributed by atoms with Crippen molar-refractivity contribution in [1.82, 2.24) is 15.4 Å². The Kier molecular flexibility index (Phi) is 6.26. The Hall–Kier alpha value is -5.13. The molecule has 0 saturated heterocycles. The number of nitrogens with zero attached hydrogens (tertiary/aromatic N) is 5. The van der Waals surface area contributed by atoms with Crippen molar-refractivity contribution in [1.29, 1.82) is 0 Å². The van der Waals surface area contributed by atoms with Gasteiger partial charge in [0.25, 0.3) is 0 Å². The molecule has 1 amide bonds.